The fourth-order valence-corrected chi connectivity index (χ4v) is 6.06. The lowest BCUT2D eigenvalue weighted by molar-refractivity contribution is 0.102. The summed E-state index contributed by atoms with van der Waals surface area (Å²) in [6.07, 6.45) is 2.68. The molecular weight excluding hydrogens is 442 g/mol. The summed E-state index contributed by atoms with van der Waals surface area (Å²) in [6.45, 7) is 0.956. The van der Waals surface area contributed by atoms with Gasteiger partial charge in [-0.25, -0.2) is 13.4 Å². The van der Waals surface area contributed by atoms with Gasteiger partial charge in [-0.1, -0.05) is 48.4 Å². The highest BCUT2D eigenvalue weighted by atomic mass is 35.5. The smallest absolute Gasteiger partial charge is 0.258 e. The van der Waals surface area contributed by atoms with Crippen molar-refractivity contribution >= 4 is 44.0 Å². The standard InChI is InChI=1S/C21H20ClN3O3S2/c22-17-10-4-2-8-15(17)18-14-29-21(23-18)24-20(26)16-9-3-5-11-19(16)30(27,28)25-12-6-1-7-13-25/h2-5,8-11,14H,1,6-7,12-13H2,(H,23,24,26). The zero-order chi connectivity index (χ0) is 21.1. The third-order valence-corrected chi connectivity index (χ3v) is 7.98. The number of rotatable bonds is 5. The lowest BCUT2D eigenvalue weighted by Crippen LogP contribution is -2.36. The third-order valence-electron chi connectivity index (χ3n) is 4.94. The molecule has 1 aliphatic heterocycles. The Bertz CT molecular complexity index is 1170. The second kappa shape index (κ2) is 8.85. The second-order valence-electron chi connectivity index (χ2n) is 6.93. The molecule has 0 saturated carbocycles. The highest BCUT2D eigenvalue weighted by Crippen LogP contribution is 2.31. The van der Waals surface area contributed by atoms with Gasteiger partial charge in [-0.2, -0.15) is 4.31 Å². The van der Waals surface area contributed by atoms with Crippen LogP contribution in [-0.4, -0.2) is 36.7 Å². The van der Waals surface area contributed by atoms with Crippen LogP contribution in [0.2, 0.25) is 5.02 Å². The maximum absolute atomic E-state index is 13.1. The quantitative estimate of drug-likeness (QED) is 0.586. The number of hydrogen-bond donors (Lipinski definition) is 1. The lowest BCUT2D eigenvalue weighted by Gasteiger charge is -2.26. The number of sulfonamides is 1. The first kappa shape index (κ1) is 21.0. The molecule has 0 bridgehead atoms. The molecule has 1 saturated heterocycles. The molecule has 1 amide bonds. The number of halogens is 1. The van der Waals surface area contributed by atoms with E-state index in [1.54, 1.807) is 23.6 Å². The van der Waals surface area contributed by atoms with Crippen LogP contribution < -0.4 is 5.32 Å². The number of anilines is 1. The molecule has 4 rings (SSSR count). The number of amides is 1. The molecule has 9 heteroatoms. The van der Waals surface area contributed by atoms with Crippen molar-refractivity contribution in [1.82, 2.24) is 9.29 Å². The van der Waals surface area contributed by atoms with Crippen molar-refractivity contribution in [3.63, 3.8) is 0 Å². The van der Waals surface area contributed by atoms with Crippen LogP contribution in [0.1, 0.15) is 29.6 Å². The predicted molar refractivity (Wildman–Crippen MR) is 120 cm³/mol. The van der Waals surface area contributed by atoms with E-state index in [4.69, 9.17) is 11.6 Å². The van der Waals surface area contributed by atoms with Gasteiger partial charge in [0.05, 0.1) is 16.2 Å². The molecule has 6 nitrogen and oxygen atoms in total. The van der Waals surface area contributed by atoms with Crippen LogP contribution in [0, 0.1) is 0 Å². The van der Waals surface area contributed by atoms with Gasteiger partial charge in [0.2, 0.25) is 10.0 Å². The van der Waals surface area contributed by atoms with E-state index >= 15 is 0 Å². The first-order chi connectivity index (χ1) is 14.5. The molecular formula is C21H20ClN3O3S2. The molecule has 2 heterocycles. The summed E-state index contributed by atoms with van der Waals surface area (Å²) in [6, 6.07) is 13.6. The molecule has 156 valence electrons. The molecule has 0 radical (unpaired) electrons. The zero-order valence-corrected chi connectivity index (χ0v) is 18.4. The molecule has 1 aromatic heterocycles. The molecule has 0 unspecified atom stereocenters. The number of aromatic nitrogens is 1. The number of piperidine rings is 1. The van der Waals surface area contributed by atoms with E-state index in [0.717, 1.165) is 24.8 Å². The van der Waals surface area contributed by atoms with E-state index in [-0.39, 0.29) is 10.5 Å². The first-order valence-electron chi connectivity index (χ1n) is 9.58. The van der Waals surface area contributed by atoms with Crippen molar-refractivity contribution < 1.29 is 13.2 Å². The Morgan fingerprint density at radius 1 is 1.03 bits per heavy atom. The normalized spacial score (nSPS) is 15.1. The largest absolute Gasteiger partial charge is 0.298 e. The number of benzene rings is 2. The average Bonchev–Trinajstić information content (AvgIpc) is 3.23. The summed E-state index contributed by atoms with van der Waals surface area (Å²) in [4.78, 5) is 17.4. The van der Waals surface area contributed by atoms with Gasteiger partial charge in [-0.3, -0.25) is 10.1 Å². The summed E-state index contributed by atoms with van der Waals surface area (Å²) in [5.41, 5.74) is 1.52. The first-order valence-corrected chi connectivity index (χ1v) is 12.3. The summed E-state index contributed by atoms with van der Waals surface area (Å²) in [7, 11) is -3.74. The van der Waals surface area contributed by atoms with Crippen molar-refractivity contribution in [1.29, 1.82) is 0 Å². The second-order valence-corrected chi connectivity index (χ2v) is 10.1. The number of thiazole rings is 1. The maximum atomic E-state index is 13.1. The minimum Gasteiger partial charge on any atom is -0.298 e. The monoisotopic (exact) mass is 461 g/mol. The van der Waals surface area contributed by atoms with Gasteiger partial charge >= 0.3 is 0 Å². The van der Waals surface area contributed by atoms with Crippen LogP contribution in [0.15, 0.2) is 58.8 Å². The molecule has 0 atom stereocenters. The van der Waals surface area contributed by atoms with Crippen molar-refractivity contribution in [2.24, 2.45) is 0 Å². The van der Waals surface area contributed by atoms with E-state index in [1.165, 1.54) is 27.8 Å². The van der Waals surface area contributed by atoms with Crippen molar-refractivity contribution in [3.8, 4) is 11.3 Å². The van der Waals surface area contributed by atoms with E-state index < -0.39 is 15.9 Å². The zero-order valence-electron chi connectivity index (χ0n) is 16.0. The van der Waals surface area contributed by atoms with Gasteiger partial charge in [-0.15, -0.1) is 11.3 Å². The van der Waals surface area contributed by atoms with Crippen LogP contribution in [0.4, 0.5) is 5.13 Å². The van der Waals surface area contributed by atoms with Crippen LogP contribution in [0.5, 0.6) is 0 Å². The van der Waals surface area contributed by atoms with E-state index in [0.29, 0.717) is 28.9 Å². The van der Waals surface area contributed by atoms with Crippen molar-refractivity contribution in [3.05, 3.63) is 64.5 Å². The van der Waals surface area contributed by atoms with Crippen molar-refractivity contribution in [2.75, 3.05) is 18.4 Å². The number of nitrogens with one attached hydrogen (secondary N) is 1. The fourth-order valence-electron chi connectivity index (χ4n) is 3.41. The SMILES string of the molecule is O=C(Nc1nc(-c2ccccc2Cl)cs1)c1ccccc1S(=O)(=O)N1CCCCC1. The summed E-state index contributed by atoms with van der Waals surface area (Å²) < 4.78 is 27.7. The summed E-state index contributed by atoms with van der Waals surface area (Å²) in [5.74, 6) is -0.508. The van der Waals surface area contributed by atoms with Gasteiger partial charge < -0.3 is 0 Å². The number of hydrogen-bond acceptors (Lipinski definition) is 5. The molecule has 3 aromatic rings. The van der Waals surface area contributed by atoms with E-state index in [9.17, 15) is 13.2 Å². The van der Waals surface area contributed by atoms with Crippen LogP contribution >= 0.6 is 22.9 Å². The Morgan fingerprint density at radius 2 is 1.73 bits per heavy atom. The number of carbonyl (C=O) groups excluding carboxylic acids is 1. The van der Waals surface area contributed by atoms with E-state index in [2.05, 4.69) is 10.3 Å². The molecule has 0 spiro atoms. The Balaban J connectivity index is 1.59. The van der Waals surface area contributed by atoms with Crippen LogP contribution in [-0.2, 0) is 10.0 Å². The van der Waals surface area contributed by atoms with Crippen molar-refractivity contribution in [2.45, 2.75) is 24.2 Å². The molecule has 0 aliphatic carbocycles. The maximum Gasteiger partial charge on any atom is 0.258 e. The Kier molecular flexibility index (Phi) is 6.19. The lowest BCUT2D eigenvalue weighted by atomic mass is 10.2. The Labute approximate surface area is 184 Å². The van der Waals surface area contributed by atoms with E-state index in [1.807, 2.05) is 18.2 Å². The predicted octanol–water partition coefficient (Wildman–Crippen LogP) is 4.89. The average molecular weight is 462 g/mol. The summed E-state index contributed by atoms with van der Waals surface area (Å²) in [5, 5.41) is 5.47. The number of carbonyl (C=O) groups is 1. The van der Waals surface area contributed by atoms with Gasteiger partial charge in [0.15, 0.2) is 5.13 Å². The Morgan fingerprint density at radius 3 is 2.50 bits per heavy atom. The molecule has 1 fully saturated rings. The minimum absolute atomic E-state index is 0.0206. The van der Waals surface area contributed by atoms with Gasteiger partial charge in [0.1, 0.15) is 0 Å². The fraction of sp³-hybridized carbons (Fsp3) is 0.238. The topological polar surface area (TPSA) is 79.4 Å². The third kappa shape index (κ3) is 4.27. The van der Waals surface area contributed by atoms with Gasteiger partial charge in [-0.05, 0) is 31.0 Å². The minimum atomic E-state index is -3.74. The number of nitrogens with zero attached hydrogens (tertiary/aromatic N) is 2. The molecule has 30 heavy (non-hydrogen) atoms. The van der Waals surface area contributed by atoms with Gasteiger partial charge in [0.25, 0.3) is 5.91 Å². The van der Waals surface area contributed by atoms with Crippen LogP contribution in [0.25, 0.3) is 11.3 Å². The highest BCUT2D eigenvalue weighted by Gasteiger charge is 2.30. The summed E-state index contributed by atoms with van der Waals surface area (Å²) >= 11 is 7.48. The molecule has 1 aliphatic rings. The van der Waals surface area contributed by atoms with Crippen LogP contribution in [0.3, 0.4) is 0 Å². The highest BCUT2D eigenvalue weighted by molar-refractivity contribution is 7.89. The molecule has 2 aromatic carbocycles. The Hall–Kier alpha value is -2.26. The van der Waals surface area contributed by atoms with Gasteiger partial charge in [0, 0.05) is 29.1 Å². The molecule has 1 N–H and O–H groups in total.